The van der Waals surface area contributed by atoms with Crippen LogP contribution in [0.25, 0.3) is 0 Å². The number of phosphoric acid groups is 1. The molecule has 0 fully saturated rings. The Kier molecular flexibility index (Phi) is 48.9. The van der Waals surface area contributed by atoms with Gasteiger partial charge in [-0.05, 0) is 64.2 Å². The van der Waals surface area contributed by atoms with Crippen molar-refractivity contribution >= 4 is 13.7 Å². The van der Waals surface area contributed by atoms with Gasteiger partial charge in [-0.1, -0.05) is 253 Å². The summed E-state index contributed by atoms with van der Waals surface area (Å²) in [6, 6.07) is -0.838. The molecule has 0 radical (unpaired) electrons. The fourth-order valence-electron chi connectivity index (χ4n) is 7.97. The Bertz CT molecular complexity index is 1400. The molecule has 0 aromatic heterocycles. The third-order valence-corrected chi connectivity index (χ3v) is 13.4. The van der Waals surface area contributed by atoms with Crippen molar-refractivity contribution in [2.45, 2.75) is 251 Å². The molecule has 0 aliphatic heterocycles. The molecule has 0 aromatic rings. The van der Waals surface area contributed by atoms with Gasteiger partial charge in [0.15, 0.2) is 0 Å². The number of rotatable bonds is 51. The van der Waals surface area contributed by atoms with Crippen molar-refractivity contribution in [3.63, 3.8) is 0 Å². The number of nitrogens with zero attached hydrogens (tertiary/aromatic N) is 1. The summed E-state index contributed by atoms with van der Waals surface area (Å²) in [6.45, 7) is 4.57. The predicted octanol–water partition coefficient (Wildman–Crippen LogP) is 16.6. The standard InChI is InChI=1S/C60H109N2O6P/c1-6-8-10-12-14-16-18-20-22-24-26-28-30-32-33-35-37-39-41-43-45-47-49-51-53-59(63)58(57-68-69(65,66)67-56-55-62(3,4)5)61-60(64)54-52-50-48-46-44-42-40-38-36-34-31-29-27-25-23-21-19-17-15-13-11-9-7-2/h9,11,15,17,21,23,27,29,34,36,40,42,46,48,58-59,63H,6-8,10,12-14,16,18-20,22,24-26,28,30-33,35,37-39,41,43-45,47,49-57H2,1-5H3,(H-,61,64,65,66)/b11-9-,17-15-,23-21-,29-27-,36-34-,42-40-,48-46-. The molecule has 0 bridgehead atoms. The van der Waals surface area contributed by atoms with E-state index in [0.29, 0.717) is 23.9 Å². The van der Waals surface area contributed by atoms with Crippen LogP contribution in [0.15, 0.2) is 85.1 Å². The van der Waals surface area contributed by atoms with Crippen LogP contribution in [0.3, 0.4) is 0 Å². The summed E-state index contributed by atoms with van der Waals surface area (Å²) in [5, 5.41) is 14.0. The second kappa shape index (κ2) is 50.6. The molecule has 8 nitrogen and oxygen atoms in total. The molecule has 400 valence electrons. The molecular weight excluding hydrogens is 876 g/mol. The first kappa shape index (κ1) is 66.7. The van der Waals surface area contributed by atoms with Gasteiger partial charge < -0.3 is 28.8 Å². The SMILES string of the molecule is CC/C=C\C/C=C\C/C=C\C/C=C\C/C=C\C/C=C\C/C=C\CCCC(=O)NC(COP(=O)([O-])OCC[N+](C)(C)C)C(O)CCCCCCCCCCCCCCCCCCCCCCCCCC. The number of carbonyl (C=O) groups is 1. The van der Waals surface area contributed by atoms with Gasteiger partial charge in [0.05, 0.1) is 39.9 Å². The van der Waals surface area contributed by atoms with Crippen LogP contribution >= 0.6 is 7.82 Å². The predicted molar refractivity (Wildman–Crippen MR) is 297 cm³/mol. The molecule has 0 aliphatic rings. The van der Waals surface area contributed by atoms with Gasteiger partial charge >= 0.3 is 0 Å². The van der Waals surface area contributed by atoms with E-state index in [4.69, 9.17) is 9.05 Å². The average Bonchev–Trinajstić information content (AvgIpc) is 3.31. The zero-order valence-corrected chi connectivity index (χ0v) is 46.4. The minimum Gasteiger partial charge on any atom is -0.756 e. The summed E-state index contributed by atoms with van der Waals surface area (Å²) in [6.07, 6.45) is 70.5. The van der Waals surface area contributed by atoms with Crippen molar-refractivity contribution in [1.82, 2.24) is 5.32 Å². The first-order chi connectivity index (χ1) is 33.5. The lowest BCUT2D eigenvalue weighted by Gasteiger charge is -2.30. The molecule has 0 spiro atoms. The van der Waals surface area contributed by atoms with Crippen molar-refractivity contribution in [3.05, 3.63) is 85.1 Å². The van der Waals surface area contributed by atoms with E-state index in [1.165, 1.54) is 135 Å². The lowest BCUT2D eigenvalue weighted by Crippen LogP contribution is -2.46. The minimum absolute atomic E-state index is 0.00297. The molecule has 2 N–H and O–H groups in total. The number of nitrogens with one attached hydrogen (secondary N) is 1. The van der Waals surface area contributed by atoms with Crippen molar-refractivity contribution in [2.24, 2.45) is 0 Å². The lowest BCUT2D eigenvalue weighted by molar-refractivity contribution is -0.870. The number of amides is 1. The van der Waals surface area contributed by atoms with Gasteiger partial charge in [-0.2, -0.15) is 0 Å². The van der Waals surface area contributed by atoms with Crippen LogP contribution in [-0.2, 0) is 18.4 Å². The molecule has 0 rings (SSSR count). The number of unbranched alkanes of at least 4 members (excludes halogenated alkanes) is 24. The molecule has 3 unspecified atom stereocenters. The van der Waals surface area contributed by atoms with Crippen LogP contribution in [-0.4, -0.2) is 68.5 Å². The zero-order valence-electron chi connectivity index (χ0n) is 45.5. The fraction of sp³-hybridized carbons (Fsp3) is 0.750. The van der Waals surface area contributed by atoms with Crippen LogP contribution in [0.5, 0.6) is 0 Å². The number of phosphoric ester groups is 1. The number of quaternary nitrogens is 1. The summed E-state index contributed by atoms with van der Waals surface area (Å²) < 4.78 is 23.4. The van der Waals surface area contributed by atoms with E-state index < -0.39 is 20.0 Å². The summed E-state index contributed by atoms with van der Waals surface area (Å²) in [5.74, 6) is -0.223. The van der Waals surface area contributed by atoms with Gasteiger partial charge in [0.2, 0.25) is 5.91 Å². The maximum absolute atomic E-state index is 13.0. The first-order valence-electron chi connectivity index (χ1n) is 28.4. The number of carbonyl (C=O) groups excluding carboxylic acids is 1. The molecule has 0 saturated heterocycles. The number of hydrogen-bond donors (Lipinski definition) is 2. The molecule has 9 heteroatoms. The lowest BCUT2D eigenvalue weighted by atomic mass is 10.0. The molecule has 0 aromatic carbocycles. The molecule has 3 atom stereocenters. The summed E-state index contributed by atoms with van der Waals surface area (Å²) in [5.41, 5.74) is 0. The molecule has 0 heterocycles. The van der Waals surface area contributed by atoms with Gasteiger partial charge in [-0.3, -0.25) is 9.36 Å². The Balaban J connectivity index is 4.31. The quantitative estimate of drug-likeness (QED) is 0.0272. The highest BCUT2D eigenvalue weighted by Crippen LogP contribution is 2.38. The van der Waals surface area contributed by atoms with E-state index >= 15 is 0 Å². The van der Waals surface area contributed by atoms with Crippen LogP contribution in [0.1, 0.15) is 239 Å². The van der Waals surface area contributed by atoms with E-state index in [0.717, 1.165) is 70.6 Å². The third kappa shape index (κ3) is 53.3. The van der Waals surface area contributed by atoms with E-state index in [-0.39, 0.29) is 25.5 Å². The van der Waals surface area contributed by atoms with Crippen molar-refractivity contribution in [2.75, 3.05) is 40.9 Å². The second-order valence-corrected chi connectivity index (χ2v) is 21.7. The molecule has 69 heavy (non-hydrogen) atoms. The van der Waals surface area contributed by atoms with Gasteiger partial charge in [0.25, 0.3) is 7.82 Å². The Morgan fingerprint density at radius 3 is 1.23 bits per heavy atom. The number of aliphatic hydroxyl groups is 1. The molecular formula is C60H109N2O6P. The molecule has 0 saturated carbocycles. The van der Waals surface area contributed by atoms with Crippen LogP contribution in [0.4, 0.5) is 0 Å². The van der Waals surface area contributed by atoms with Gasteiger partial charge in [0.1, 0.15) is 13.2 Å². The summed E-state index contributed by atoms with van der Waals surface area (Å²) in [4.78, 5) is 25.5. The number of allylic oxidation sites excluding steroid dienone is 14. The molecule has 1 amide bonds. The number of likely N-dealkylation sites (N-methyl/N-ethyl adjacent to an activating group) is 1. The third-order valence-electron chi connectivity index (χ3n) is 12.4. The van der Waals surface area contributed by atoms with Crippen molar-refractivity contribution in [3.8, 4) is 0 Å². The van der Waals surface area contributed by atoms with Crippen LogP contribution in [0, 0.1) is 0 Å². The normalized spacial score (nSPS) is 14.6. The van der Waals surface area contributed by atoms with E-state index in [1.807, 2.05) is 21.1 Å². The van der Waals surface area contributed by atoms with Gasteiger partial charge in [-0.15, -0.1) is 0 Å². The zero-order chi connectivity index (χ0) is 50.6. The van der Waals surface area contributed by atoms with Crippen molar-refractivity contribution in [1.29, 1.82) is 0 Å². The highest BCUT2D eigenvalue weighted by molar-refractivity contribution is 7.45. The van der Waals surface area contributed by atoms with Crippen LogP contribution < -0.4 is 10.2 Å². The van der Waals surface area contributed by atoms with Crippen molar-refractivity contribution < 1.29 is 32.9 Å². The summed E-state index contributed by atoms with van der Waals surface area (Å²) in [7, 11) is 1.26. The van der Waals surface area contributed by atoms with E-state index in [9.17, 15) is 19.4 Å². The largest absolute Gasteiger partial charge is 0.756 e. The molecule has 0 aliphatic carbocycles. The second-order valence-electron chi connectivity index (χ2n) is 20.3. The topological polar surface area (TPSA) is 108 Å². The first-order valence-corrected chi connectivity index (χ1v) is 29.9. The van der Waals surface area contributed by atoms with Gasteiger partial charge in [-0.25, -0.2) is 0 Å². The van der Waals surface area contributed by atoms with Gasteiger partial charge in [0, 0.05) is 6.42 Å². The minimum atomic E-state index is -4.60. The maximum Gasteiger partial charge on any atom is 0.268 e. The number of aliphatic hydroxyl groups excluding tert-OH is 1. The Morgan fingerprint density at radius 1 is 0.522 bits per heavy atom. The van der Waals surface area contributed by atoms with E-state index in [1.54, 1.807) is 0 Å². The Hall–Kier alpha value is -2.32. The maximum atomic E-state index is 13.0. The fourth-order valence-corrected chi connectivity index (χ4v) is 8.69. The Labute approximate surface area is 426 Å². The summed E-state index contributed by atoms with van der Waals surface area (Å²) >= 11 is 0. The highest BCUT2D eigenvalue weighted by Gasteiger charge is 2.24. The van der Waals surface area contributed by atoms with E-state index in [2.05, 4.69) is 104 Å². The highest BCUT2D eigenvalue weighted by atomic mass is 31.2. The smallest absolute Gasteiger partial charge is 0.268 e. The Morgan fingerprint density at radius 2 is 0.870 bits per heavy atom. The van der Waals surface area contributed by atoms with Crippen LogP contribution in [0.2, 0.25) is 0 Å². The average molecular weight is 986 g/mol. The number of hydrogen-bond acceptors (Lipinski definition) is 6. The monoisotopic (exact) mass is 985 g/mol.